The zero-order valence-corrected chi connectivity index (χ0v) is 22.4. The summed E-state index contributed by atoms with van der Waals surface area (Å²) in [7, 11) is 1.62. The standard InChI is InChI=1S/C32H27F2N3O4/c1-19(20-3-5-21(6-4-20)32(40)35-12-11-31(38)39)37-30(18-29(36-37)25-14-26(33)17-27(34)15-25)24-8-7-23-16-28(41-2)10-9-22(23)13-24/h3-10,13-19H,11-12H2,1-2H3,(H,35,40)(H,38,39). The maximum Gasteiger partial charge on any atom is 0.305 e. The predicted molar refractivity (Wildman–Crippen MR) is 152 cm³/mol. The lowest BCUT2D eigenvalue weighted by Crippen LogP contribution is -2.26. The Morgan fingerprint density at radius 2 is 1.59 bits per heavy atom. The number of methoxy groups -OCH3 is 1. The number of aliphatic carboxylic acids is 1. The molecule has 5 aromatic rings. The summed E-state index contributed by atoms with van der Waals surface area (Å²) in [6.07, 6.45) is -0.164. The number of fused-ring (bicyclic) bond motifs is 1. The van der Waals surface area contributed by atoms with E-state index in [1.807, 2.05) is 43.3 Å². The van der Waals surface area contributed by atoms with Crippen LogP contribution in [0.1, 0.15) is 35.3 Å². The Kier molecular flexibility index (Phi) is 7.78. The number of rotatable bonds is 9. The second kappa shape index (κ2) is 11.6. The van der Waals surface area contributed by atoms with Crippen LogP contribution < -0.4 is 10.1 Å². The predicted octanol–water partition coefficient (Wildman–Crippen LogP) is 6.47. The molecule has 208 valence electrons. The number of hydrogen-bond acceptors (Lipinski definition) is 4. The third-order valence-electron chi connectivity index (χ3n) is 6.88. The van der Waals surface area contributed by atoms with Gasteiger partial charge < -0.3 is 15.2 Å². The molecule has 0 saturated carbocycles. The molecule has 2 N–H and O–H groups in total. The highest BCUT2D eigenvalue weighted by atomic mass is 19.1. The van der Waals surface area contributed by atoms with E-state index in [-0.39, 0.29) is 24.9 Å². The average Bonchev–Trinajstić information content (AvgIpc) is 3.41. The minimum atomic E-state index is -0.990. The van der Waals surface area contributed by atoms with Crippen molar-refractivity contribution in [3.8, 4) is 28.3 Å². The molecular weight excluding hydrogens is 528 g/mol. The highest BCUT2D eigenvalue weighted by molar-refractivity contribution is 5.94. The SMILES string of the molecule is COc1ccc2cc(-c3cc(-c4cc(F)cc(F)c4)nn3C(C)c3ccc(C(=O)NCCC(=O)O)cc3)ccc2c1. The molecule has 1 amide bonds. The Labute approximate surface area is 235 Å². The van der Waals surface area contributed by atoms with Gasteiger partial charge in [0.1, 0.15) is 17.4 Å². The molecule has 1 aromatic heterocycles. The van der Waals surface area contributed by atoms with E-state index >= 15 is 0 Å². The number of halogens is 2. The average molecular weight is 556 g/mol. The summed E-state index contributed by atoms with van der Waals surface area (Å²) < 4.78 is 35.3. The first-order valence-electron chi connectivity index (χ1n) is 13.0. The van der Waals surface area contributed by atoms with Gasteiger partial charge in [-0.05, 0) is 71.8 Å². The highest BCUT2D eigenvalue weighted by Crippen LogP contribution is 2.34. The fraction of sp³-hybridized carbons (Fsp3) is 0.156. The van der Waals surface area contributed by atoms with Crippen LogP contribution in [-0.4, -0.2) is 40.4 Å². The lowest BCUT2D eigenvalue weighted by molar-refractivity contribution is -0.136. The summed E-state index contributed by atoms with van der Waals surface area (Å²) in [6.45, 7) is 1.98. The minimum Gasteiger partial charge on any atom is -0.497 e. The number of carbonyl (C=O) groups excluding carboxylic acids is 1. The van der Waals surface area contributed by atoms with Gasteiger partial charge in [0.2, 0.25) is 0 Å². The Morgan fingerprint density at radius 3 is 2.27 bits per heavy atom. The van der Waals surface area contributed by atoms with Crippen molar-refractivity contribution < 1.29 is 28.2 Å². The van der Waals surface area contributed by atoms with E-state index in [0.717, 1.165) is 39.4 Å². The van der Waals surface area contributed by atoms with Gasteiger partial charge in [-0.25, -0.2) is 8.78 Å². The van der Waals surface area contributed by atoms with E-state index in [0.29, 0.717) is 16.8 Å². The van der Waals surface area contributed by atoms with Gasteiger partial charge in [-0.15, -0.1) is 0 Å². The number of nitrogens with one attached hydrogen (secondary N) is 1. The monoisotopic (exact) mass is 555 g/mol. The molecule has 1 unspecified atom stereocenters. The number of carboxylic acid groups (broad SMARTS) is 1. The molecule has 5 rings (SSSR count). The number of nitrogens with zero attached hydrogens (tertiary/aromatic N) is 2. The van der Waals surface area contributed by atoms with Crippen molar-refractivity contribution in [1.29, 1.82) is 0 Å². The van der Waals surface area contributed by atoms with Gasteiger partial charge in [0, 0.05) is 29.3 Å². The number of ether oxygens (including phenoxy) is 1. The largest absolute Gasteiger partial charge is 0.497 e. The second-order valence-corrected chi connectivity index (χ2v) is 9.64. The van der Waals surface area contributed by atoms with E-state index in [1.54, 1.807) is 42.1 Å². The molecule has 0 spiro atoms. The Hall–Kier alpha value is -5.05. The van der Waals surface area contributed by atoms with Crippen molar-refractivity contribution in [2.75, 3.05) is 13.7 Å². The molecule has 0 bridgehead atoms. The molecule has 0 fully saturated rings. The third kappa shape index (κ3) is 6.09. The summed E-state index contributed by atoms with van der Waals surface area (Å²) in [4.78, 5) is 23.1. The maximum atomic E-state index is 14.1. The second-order valence-electron chi connectivity index (χ2n) is 9.64. The van der Waals surface area contributed by atoms with Crippen molar-refractivity contribution in [2.24, 2.45) is 0 Å². The molecule has 0 aliphatic heterocycles. The van der Waals surface area contributed by atoms with Gasteiger partial charge in [0.05, 0.1) is 31.0 Å². The van der Waals surface area contributed by atoms with Crippen molar-refractivity contribution in [3.05, 3.63) is 108 Å². The zero-order valence-electron chi connectivity index (χ0n) is 22.4. The molecule has 0 aliphatic rings. The molecule has 4 aromatic carbocycles. The summed E-state index contributed by atoms with van der Waals surface area (Å²) >= 11 is 0. The maximum absolute atomic E-state index is 14.1. The van der Waals surface area contributed by atoms with Crippen LogP contribution in [0.4, 0.5) is 8.78 Å². The van der Waals surface area contributed by atoms with Crippen LogP contribution in [-0.2, 0) is 4.79 Å². The Morgan fingerprint density at radius 1 is 0.902 bits per heavy atom. The smallest absolute Gasteiger partial charge is 0.305 e. The number of carbonyl (C=O) groups is 2. The number of carboxylic acids is 1. The summed E-state index contributed by atoms with van der Waals surface area (Å²) in [5, 5.41) is 18.1. The van der Waals surface area contributed by atoms with Crippen LogP contribution in [0.3, 0.4) is 0 Å². The van der Waals surface area contributed by atoms with E-state index in [2.05, 4.69) is 5.32 Å². The zero-order chi connectivity index (χ0) is 29.1. The molecule has 0 saturated heterocycles. The van der Waals surface area contributed by atoms with Gasteiger partial charge in [-0.1, -0.05) is 30.3 Å². The first kappa shape index (κ1) is 27.5. The van der Waals surface area contributed by atoms with Crippen LogP contribution in [0.5, 0.6) is 5.75 Å². The van der Waals surface area contributed by atoms with E-state index in [4.69, 9.17) is 14.9 Å². The summed E-state index contributed by atoms with van der Waals surface area (Å²) in [5.74, 6) is -2.00. The highest BCUT2D eigenvalue weighted by Gasteiger charge is 2.19. The lowest BCUT2D eigenvalue weighted by Gasteiger charge is -2.17. The van der Waals surface area contributed by atoms with Crippen molar-refractivity contribution in [3.63, 3.8) is 0 Å². The van der Waals surface area contributed by atoms with Gasteiger partial charge in [-0.2, -0.15) is 5.10 Å². The van der Waals surface area contributed by atoms with Crippen molar-refractivity contribution in [1.82, 2.24) is 15.1 Å². The number of amides is 1. The molecule has 41 heavy (non-hydrogen) atoms. The molecule has 0 radical (unpaired) electrons. The van der Waals surface area contributed by atoms with Gasteiger partial charge in [0.25, 0.3) is 5.91 Å². The van der Waals surface area contributed by atoms with Crippen LogP contribution in [0.25, 0.3) is 33.3 Å². The molecule has 9 heteroatoms. The van der Waals surface area contributed by atoms with Crippen molar-refractivity contribution >= 4 is 22.6 Å². The van der Waals surface area contributed by atoms with Crippen LogP contribution in [0.2, 0.25) is 0 Å². The summed E-state index contributed by atoms with van der Waals surface area (Å²) in [6, 6.07) is 23.5. The van der Waals surface area contributed by atoms with E-state index in [9.17, 15) is 18.4 Å². The van der Waals surface area contributed by atoms with E-state index in [1.165, 1.54) is 12.1 Å². The van der Waals surface area contributed by atoms with Crippen molar-refractivity contribution in [2.45, 2.75) is 19.4 Å². The van der Waals surface area contributed by atoms with Crippen LogP contribution in [0.15, 0.2) is 84.9 Å². The van der Waals surface area contributed by atoms with Crippen LogP contribution in [0, 0.1) is 11.6 Å². The van der Waals surface area contributed by atoms with Gasteiger partial charge >= 0.3 is 5.97 Å². The Balaban J connectivity index is 1.53. The first-order chi connectivity index (χ1) is 19.7. The quantitative estimate of drug-likeness (QED) is 0.217. The normalized spacial score (nSPS) is 11.8. The Bertz CT molecular complexity index is 1730. The third-order valence-corrected chi connectivity index (χ3v) is 6.88. The minimum absolute atomic E-state index is 0.0327. The topological polar surface area (TPSA) is 93.5 Å². The van der Waals surface area contributed by atoms with E-state index < -0.39 is 17.6 Å². The van der Waals surface area contributed by atoms with Gasteiger partial charge in [-0.3, -0.25) is 14.3 Å². The summed E-state index contributed by atoms with van der Waals surface area (Å²) in [5.41, 5.74) is 3.57. The molecule has 0 aliphatic carbocycles. The van der Waals surface area contributed by atoms with Gasteiger partial charge in [0.15, 0.2) is 0 Å². The number of hydrogen-bond donors (Lipinski definition) is 2. The lowest BCUT2D eigenvalue weighted by atomic mass is 10.0. The number of aromatic nitrogens is 2. The first-order valence-corrected chi connectivity index (χ1v) is 13.0. The molecule has 1 atom stereocenters. The fourth-order valence-corrected chi connectivity index (χ4v) is 4.70. The van der Waals surface area contributed by atoms with Crippen LogP contribution >= 0.6 is 0 Å². The molecule has 1 heterocycles. The molecule has 7 nitrogen and oxygen atoms in total. The number of benzene rings is 4. The fourth-order valence-electron chi connectivity index (χ4n) is 4.70. The molecular formula is C32H27F2N3O4.